The zero-order valence-corrected chi connectivity index (χ0v) is 16.4. The zero-order valence-electron chi connectivity index (χ0n) is 16.4. The van der Waals surface area contributed by atoms with Crippen LogP contribution in [0.1, 0.15) is 37.5 Å². The lowest BCUT2D eigenvalue weighted by molar-refractivity contribution is -0.123. The molecule has 0 aromatic heterocycles. The molecule has 2 rings (SSSR count). The molecule has 0 unspecified atom stereocenters. The third-order valence-electron chi connectivity index (χ3n) is 4.29. The highest BCUT2D eigenvalue weighted by atomic mass is 16.5. The summed E-state index contributed by atoms with van der Waals surface area (Å²) in [6, 6.07) is 13.8. The van der Waals surface area contributed by atoms with Crippen LogP contribution in [0, 0.1) is 13.8 Å². The summed E-state index contributed by atoms with van der Waals surface area (Å²) in [6.07, 6.45) is 0. The Labute approximate surface area is 156 Å². The summed E-state index contributed by atoms with van der Waals surface area (Å²) in [5, 5.41) is 2.83. The van der Waals surface area contributed by atoms with Gasteiger partial charge in [-0.2, -0.15) is 0 Å². The molecule has 0 atom stereocenters. The van der Waals surface area contributed by atoms with Crippen LogP contribution in [0.2, 0.25) is 0 Å². The van der Waals surface area contributed by atoms with Gasteiger partial charge in [0.05, 0.1) is 6.54 Å². The fourth-order valence-electron chi connectivity index (χ4n) is 2.64. The van der Waals surface area contributed by atoms with Crippen LogP contribution in [0.4, 0.5) is 0 Å². The summed E-state index contributed by atoms with van der Waals surface area (Å²) in [7, 11) is 0. The topological polar surface area (TPSA) is 47.6 Å². The van der Waals surface area contributed by atoms with Gasteiger partial charge in [0.25, 0.3) is 5.91 Å². The van der Waals surface area contributed by atoms with E-state index in [0.717, 1.165) is 28.2 Å². The first-order valence-electron chi connectivity index (χ1n) is 8.97. The van der Waals surface area contributed by atoms with Gasteiger partial charge in [-0.25, -0.2) is 0 Å². The lowest BCUT2D eigenvalue weighted by Crippen LogP contribution is -2.32. The van der Waals surface area contributed by atoms with Crippen molar-refractivity contribution in [1.82, 2.24) is 5.32 Å². The quantitative estimate of drug-likeness (QED) is 0.758. The predicted octanol–water partition coefficient (Wildman–Crippen LogP) is 4.17. The monoisotopic (exact) mass is 355 g/mol. The lowest BCUT2D eigenvalue weighted by atomic mass is 9.86. The minimum atomic E-state index is -0.154. The third kappa shape index (κ3) is 5.51. The first kappa shape index (κ1) is 19.8. The Balaban J connectivity index is 1.77. The SMILES string of the molecule is Cc1cccc(OCC(=O)NCCOc2ccccc2C(C)(C)C)c1C. The fraction of sp³-hybridized carbons (Fsp3) is 0.409. The molecule has 0 saturated heterocycles. The van der Waals surface area contributed by atoms with Crippen LogP contribution in [0.3, 0.4) is 0 Å². The second kappa shape index (κ2) is 8.75. The van der Waals surface area contributed by atoms with Crippen molar-refractivity contribution in [2.75, 3.05) is 19.8 Å². The molecule has 0 bridgehead atoms. The van der Waals surface area contributed by atoms with Crippen LogP contribution in [-0.2, 0) is 10.2 Å². The van der Waals surface area contributed by atoms with Gasteiger partial charge < -0.3 is 14.8 Å². The van der Waals surface area contributed by atoms with Crippen molar-refractivity contribution in [1.29, 1.82) is 0 Å². The molecule has 1 N–H and O–H groups in total. The molecular weight excluding hydrogens is 326 g/mol. The number of rotatable bonds is 7. The summed E-state index contributed by atoms with van der Waals surface area (Å²) >= 11 is 0. The molecule has 4 nitrogen and oxygen atoms in total. The maximum absolute atomic E-state index is 12.0. The Bertz CT molecular complexity index is 747. The highest BCUT2D eigenvalue weighted by Gasteiger charge is 2.18. The number of amides is 1. The van der Waals surface area contributed by atoms with E-state index in [1.807, 2.05) is 50.2 Å². The second-order valence-electron chi connectivity index (χ2n) is 7.43. The molecule has 0 radical (unpaired) electrons. The number of carbonyl (C=O) groups is 1. The smallest absolute Gasteiger partial charge is 0.258 e. The molecule has 0 aliphatic carbocycles. The summed E-state index contributed by atoms with van der Waals surface area (Å²) in [5.41, 5.74) is 3.38. The van der Waals surface area contributed by atoms with Crippen molar-refractivity contribution in [2.45, 2.75) is 40.0 Å². The minimum absolute atomic E-state index is 0.00285. The number of aryl methyl sites for hydroxylation is 1. The molecular formula is C22H29NO3. The van der Waals surface area contributed by atoms with E-state index in [1.165, 1.54) is 0 Å². The number of hydrogen-bond acceptors (Lipinski definition) is 3. The highest BCUT2D eigenvalue weighted by molar-refractivity contribution is 5.77. The van der Waals surface area contributed by atoms with Crippen LogP contribution in [0.25, 0.3) is 0 Å². The Morgan fingerprint density at radius 2 is 1.65 bits per heavy atom. The molecule has 1 amide bonds. The third-order valence-corrected chi connectivity index (χ3v) is 4.29. The van der Waals surface area contributed by atoms with E-state index in [9.17, 15) is 4.79 Å². The van der Waals surface area contributed by atoms with Gasteiger partial charge in [0.1, 0.15) is 18.1 Å². The van der Waals surface area contributed by atoms with Crippen molar-refractivity contribution in [3.05, 3.63) is 59.2 Å². The molecule has 26 heavy (non-hydrogen) atoms. The van der Waals surface area contributed by atoms with E-state index >= 15 is 0 Å². The van der Waals surface area contributed by atoms with Crippen LogP contribution in [-0.4, -0.2) is 25.7 Å². The lowest BCUT2D eigenvalue weighted by Gasteiger charge is -2.22. The maximum atomic E-state index is 12.0. The summed E-state index contributed by atoms with van der Waals surface area (Å²) in [6.45, 7) is 11.3. The highest BCUT2D eigenvalue weighted by Crippen LogP contribution is 2.30. The summed E-state index contributed by atoms with van der Waals surface area (Å²) in [4.78, 5) is 12.0. The largest absolute Gasteiger partial charge is 0.491 e. The van der Waals surface area contributed by atoms with Crippen LogP contribution in [0.5, 0.6) is 11.5 Å². The van der Waals surface area contributed by atoms with Gasteiger partial charge >= 0.3 is 0 Å². The number of benzene rings is 2. The van der Waals surface area contributed by atoms with E-state index in [4.69, 9.17) is 9.47 Å². The Hall–Kier alpha value is -2.49. The molecule has 140 valence electrons. The van der Waals surface area contributed by atoms with Crippen molar-refractivity contribution < 1.29 is 14.3 Å². The van der Waals surface area contributed by atoms with Crippen LogP contribution < -0.4 is 14.8 Å². The van der Waals surface area contributed by atoms with Crippen LogP contribution >= 0.6 is 0 Å². The maximum Gasteiger partial charge on any atom is 0.258 e. The predicted molar refractivity (Wildman–Crippen MR) is 105 cm³/mol. The molecule has 0 saturated carbocycles. The van der Waals surface area contributed by atoms with Gasteiger partial charge in [-0.15, -0.1) is 0 Å². The standard InChI is InChI=1S/C22H29NO3/c1-16-9-8-12-19(17(16)2)26-15-21(24)23-13-14-25-20-11-7-6-10-18(20)22(3,4)5/h6-12H,13-15H2,1-5H3,(H,23,24). The van der Waals surface area contributed by atoms with Gasteiger partial charge in [0.15, 0.2) is 6.61 Å². The zero-order chi connectivity index (χ0) is 19.2. The molecule has 0 spiro atoms. The summed E-state index contributed by atoms with van der Waals surface area (Å²) < 4.78 is 11.5. The molecule has 2 aromatic rings. The summed E-state index contributed by atoms with van der Waals surface area (Å²) in [5.74, 6) is 1.45. The number of nitrogens with one attached hydrogen (secondary N) is 1. The van der Waals surface area contributed by atoms with E-state index in [1.54, 1.807) is 0 Å². The normalized spacial score (nSPS) is 11.1. The Kier molecular flexibility index (Phi) is 6.67. The number of para-hydroxylation sites is 1. The van der Waals surface area contributed by atoms with Gasteiger partial charge in [-0.3, -0.25) is 4.79 Å². The van der Waals surface area contributed by atoms with E-state index < -0.39 is 0 Å². The van der Waals surface area contributed by atoms with Crippen molar-refractivity contribution in [2.24, 2.45) is 0 Å². The van der Waals surface area contributed by atoms with Crippen molar-refractivity contribution >= 4 is 5.91 Å². The Morgan fingerprint density at radius 1 is 0.962 bits per heavy atom. The van der Waals surface area contributed by atoms with Gasteiger partial charge in [-0.1, -0.05) is 51.1 Å². The van der Waals surface area contributed by atoms with E-state index in [2.05, 4.69) is 32.2 Å². The molecule has 0 aliphatic heterocycles. The number of carbonyl (C=O) groups excluding carboxylic acids is 1. The molecule has 4 heteroatoms. The van der Waals surface area contributed by atoms with Crippen molar-refractivity contribution in [3.8, 4) is 11.5 Å². The van der Waals surface area contributed by atoms with E-state index in [0.29, 0.717) is 13.2 Å². The molecule has 0 heterocycles. The van der Waals surface area contributed by atoms with Gasteiger partial charge in [-0.05, 0) is 48.1 Å². The van der Waals surface area contributed by atoms with Gasteiger partial charge in [0, 0.05) is 0 Å². The van der Waals surface area contributed by atoms with Crippen molar-refractivity contribution in [3.63, 3.8) is 0 Å². The minimum Gasteiger partial charge on any atom is -0.491 e. The molecule has 2 aromatic carbocycles. The van der Waals surface area contributed by atoms with E-state index in [-0.39, 0.29) is 17.9 Å². The number of ether oxygens (including phenoxy) is 2. The molecule has 0 fully saturated rings. The average molecular weight is 355 g/mol. The van der Waals surface area contributed by atoms with Gasteiger partial charge in [0.2, 0.25) is 0 Å². The first-order chi connectivity index (χ1) is 12.3. The average Bonchev–Trinajstić information content (AvgIpc) is 2.59. The first-order valence-corrected chi connectivity index (χ1v) is 8.97. The second-order valence-corrected chi connectivity index (χ2v) is 7.43. The van der Waals surface area contributed by atoms with Crippen LogP contribution in [0.15, 0.2) is 42.5 Å². The Morgan fingerprint density at radius 3 is 2.38 bits per heavy atom. The molecule has 0 aliphatic rings. The number of hydrogen-bond donors (Lipinski definition) is 1. The fourth-order valence-corrected chi connectivity index (χ4v) is 2.64.